The lowest BCUT2D eigenvalue weighted by Gasteiger charge is -2.11. The number of nitrogens with one attached hydrogen (secondary N) is 1. The van der Waals surface area contributed by atoms with Crippen LogP contribution in [0.5, 0.6) is 0 Å². The molecule has 0 atom stereocenters. The van der Waals surface area contributed by atoms with Crippen molar-refractivity contribution in [3.05, 3.63) is 29.8 Å². The summed E-state index contributed by atoms with van der Waals surface area (Å²) in [4.78, 5) is 7.42. The molecule has 0 spiro atoms. The molecule has 1 aromatic carbocycles. The van der Waals surface area contributed by atoms with Crippen molar-refractivity contribution in [1.29, 1.82) is 5.26 Å². The van der Waals surface area contributed by atoms with Crippen LogP contribution in [-0.2, 0) is 14.9 Å². The first-order chi connectivity index (χ1) is 8.62. The second kappa shape index (κ2) is 5.48. The standard InChI is InChI=1S/C12H14N2O3S/c13-9-10-5-7-12(8-6-10)18(15,16)14-17-11-3-1-2-4-11/h5-8,11,14H,1-4H2. The van der Waals surface area contributed by atoms with Crippen molar-refractivity contribution in [2.45, 2.75) is 36.7 Å². The van der Waals surface area contributed by atoms with Crippen molar-refractivity contribution in [2.24, 2.45) is 0 Å². The Labute approximate surface area is 106 Å². The highest BCUT2D eigenvalue weighted by molar-refractivity contribution is 7.89. The molecule has 1 N–H and O–H groups in total. The van der Waals surface area contributed by atoms with Gasteiger partial charge in [-0.1, -0.05) is 17.7 Å². The molecule has 0 aromatic heterocycles. The molecule has 0 saturated heterocycles. The van der Waals surface area contributed by atoms with Gasteiger partial charge in [-0.2, -0.15) is 5.26 Å². The van der Waals surface area contributed by atoms with Gasteiger partial charge in [0, 0.05) is 0 Å². The Bertz CT molecular complexity index is 540. The van der Waals surface area contributed by atoms with Gasteiger partial charge in [-0.3, -0.25) is 4.84 Å². The first-order valence-electron chi connectivity index (χ1n) is 5.79. The third-order valence-electron chi connectivity index (χ3n) is 2.92. The van der Waals surface area contributed by atoms with Crippen LogP contribution < -0.4 is 4.89 Å². The van der Waals surface area contributed by atoms with Gasteiger partial charge in [0.1, 0.15) is 0 Å². The Morgan fingerprint density at radius 2 is 1.83 bits per heavy atom. The van der Waals surface area contributed by atoms with Crippen molar-refractivity contribution in [3.63, 3.8) is 0 Å². The van der Waals surface area contributed by atoms with Crippen LogP contribution in [0, 0.1) is 11.3 Å². The molecule has 0 radical (unpaired) electrons. The van der Waals surface area contributed by atoms with Gasteiger partial charge in [-0.05, 0) is 37.1 Å². The average molecular weight is 266 g/mol. The van der Waals surface area contributed by atoms with E-state index in [0.29, 0.717) is 5.56 Å². The molecule has 0 heterocycles. The van der Waals surface area contributed by atoms with Crippen molar-refractivity contribution < 1.29 is 13.3 Å². The van der Waals surface area contributed by atoms with Crippen LogP contribution in [0.15, 0.2) is 29.2 Å². The van der Waals surface area contributed by atoms with E-state index in [2.05, 4.69) is 4.89 Å². The van der Waals surface area contributed by atoms with Gasteiger partial charge in [0.2, 0.25) is 0 Å². The van der Waals surface area contributed by atoms with E-state index >= 15 is 0 Å². The predicted molar refractivity (Wildman–Crippen MR) is 64.8 cm³/mol. The summed E-state index contributed by atoms with van der Waals surface area (Å²) in [6, 6.07) is 7.64. The Hall–Kier alpha value is -1.42. The Balaban J connectivity index is 2.02. The summed E-state index contributed by atoms with van der Waals surface area (Å²) in [5.41, 5.74) is 0.422. The van der Waals surface area contributed by atoms with E-state index in [-0.39, 0.29) is 11.0 Å². The fourth-order valence-electron chi connectivity index (χ4n) is 1.89. The molecule has 5 nitrogen and oxygen atoms in total. The molecule has 0 aliphatic heterocycles. The molecule has 1 fully saturated rings. The number of nitrogens with zero attached hydrogens (tertiary/aromatic N) is 1. The van der Waals surface area contributed by atoms with Crippen LogP contribution in [0.3, 0.4) is 0 Å². The zero-order valence-electron chi connectivity index (χ0n) is 9.80. The van der Waals surface area contributed by atoms with Crippen LogP contribution >= 0.6 is 0 Å². The van der Waals surface area contributed by atoms with E-state index in [1.54, 1.807) is 0 Å². The SMILES string of the molecule is N#Cc1ccc(S(=O)(=O)NOC2CCCC2)cc1. The predicted octanol–water partition coefficient (Wildman–Crippen LogP) is 1.71. The smallest absolute Gasteiger partial charge is 0.262 e. The van der Waals surface area contributed by atoms with Gasteiger partial charge in [0.25, 0.3) is 10.0 Å². The monoisotopic (exact) mass is 266 g/mol. The molecule has 6 heteroatoms. The van der Waals surface area contributed by atoms with E-state index in [4.69, 9.17) is 10.1 Å². The molecular weight excluding hydrogens is 252 g/mol. The summed E-state index contributed by atoms with van der Waals surface area (Å²) in [7, 11) is -3.65. The molecule has 1 aromatic rings. The van der Waals surface area contributed by atoms with Crippen LogP contribution in [0.25, 0.3) is 0 Å². The van der Waals surface area contributed by atoms with Gasteiger partial charge in [0.05, 0.1) is 22.6 Å². The third kappa shape index (κ3) is 3.07. The third-order valence-corrected chi connectivity index (χ3v) is 4.13. The molecule has 0 amide bonds. The Morgan fingerprint density at radius 1 is 1.22 bits per heavy atom. The maximum Gasteiger partial charge on any atom is 0.262 e. The minimum Gasteiger partial charge on any atom is -0.284 e. The minimum absolute atomic E-state index is 0.0295. The first-order valence-corrected chi connectivity index (χ1v) is 7.28. The van der Waals surface area contributed by atoms with Crippen LogP contribution in [0.4, 0.5) is 0 Å². The number of rotatable bonds is 4. The molecule has 1 aliphatic carbocycles. The summed E-state index contributed by atoms with van der Waals surface area (Å²) < 4.78 is 23.7. The lowest BCUT2D eigenvalue weighted by atomic mass is 10.2. The topological polar surface area (TPSA) is 79.2 Å². The lowest BCUT2D eigenvalue weighted by Crippen LogP contribution is -2.28. The maximum absolute atomic E-state index is 11.9. The van der Waals surface area contributed by atoms with E-state index < -0.39 is 10.0 Å². The normalized spacial score (nSPS) is 16.6. The maximum atomic E-state index is 11.9. The molecule has 1 saturated carbocycles. The quantitative estimate of drug-likeness (QED) is 0.841. The Morgan fingerprint density at radius 3 is 2.39 bits per heavy atom. The number of nitriles is 1. The second-order valence-corrected chi connectivity index (χ2v) is 5.89. The lowest BCUT2D eigenvalue weighted by molar-refractivity contribution is 0.0223. The number of hydrogen-bond donors (Lipinski definition) is 1. The average Bonchev–Trinajstić information content (AvgIpc) is 2.90. The largest absolute Gasteiger partial charge is 0.284 e. The fourth-order valence-corrected chi connectivity index (χ4v) is 2.75. The van der Waals surface area contributed by atoms with E-state index in [1.165, 1.54) is 24.3 Å². The number of hydrogen-bond acceptors (Lipinski definition) is 4. The van der Waals surface area contributed by atoms with Crippen molar-refractivity contribution in [3.8, 4) is 6.07 Å². The number of benzene rings is 1. The minimum atomic E-state index is -3.65. The van der Waals surface area contributed by atoms with Crippen molar-refractivity contribution in [1.82, 2.24) is 4.89 Å². The highest BCUT2D eigenvalue weighted by Gasteiger charge is 2.20. The van der Waals surface area contributed by atoms with E-state index in [9.17, 15) is 8.42 Å². The summed E-state index contributed by atoms with van der Waals surface area (Å²) in [6.45, 7) is 0. The first kappa shape index (κ1) is 13.0. The van der Waals surface area contributed by atoms with Gasteiger partial charge in [-0.15, -0.1) is 0 Å². The molecule has 96 valence electrons. The fraction of sp³-hybridized carbons (Fsp3) is 0.417. The van der Waals surface area contributed by atoms with E-state index in [0.717, 1.165) is 25.7 Å². The molecule has 2 rings (SSSR count). The zero-order valence-corrected chi connectivity index (χ0v) is 10.6. The van der Waals surface area contributed by atoms with E-state index in [1.807, 2.05) is 6.07 Å². The summed E-state index contributed by atoms with van der Waals surface area (Å²) >= 11 is 0. The second-order valence-electron chi connectivity index (χ2n) is 4.25. The highest BCUT2D eigenvalue weighted by atomic mass is 32.2. The molecule has 0 unspecified atom stereocenters. The molecule has 0 bridgehead atoms. The summed E-state index contributed by atoms with van der Waals surface area (Å²) in [5, 5.41) is 8.64. The van der Waals surface area contributed by atoms with Crippen LogP contribution in [0.1, 0.15) is 31.2 Å². The van der Waals surface area contributed by atoms with Crippen LogP contribution in [0.2, 0.25) is 0 Å². The van der Waals surface area contributed by atoms with Crippen molar-refractivity contribution >= 4 is 10.0 Å². The number of sulfonamides is 1. The molecular formula is C12H14N2O3S. The van der Waals surface area contributed by atoms with Gasteiger partial charge >= 0.3 is 0 Å². The molecule has 18 heavy (non-hydrogen) atoms. The van der Waals surface area contributed by atoms with Gasteiger partial charge in [0.15, 0.2) is 0 Å². The highest BCUT2D eigenvalue weighted by Crippen LogP contribution is 2.20. The van der Waals surface area contributed by atoms with Gasteiger partial charge in [-0.25, -0.2) is 8.42 Å². The zero-order chi connectivity index (χ0) is 13.0. The Kier molecular flexibility index (Phi) is 3.97. The summed E-state index contributed by atoms with van der Waals surface area (Å²) in [5.74, 6) is 0. The van der Waals surface area contributed by atoms with Crippen LogP contribution in [-0.4, -0.2) is 14.5 Å². The summed E-state index contributed by atoms with van der Waals surface area (Å²) in [6.07, 6.45) is 3.89. The van der Waals surface area contributed by atoms with Crippen molar-refractivity contribution in [2.75, 3.05) is 0 Å². The molecule has 1 aliphatic rings. The van der Waals surface area contributed by atoms with Gasteiger partial charge < -0.3 is 0 Å².